The molecular weight excluding hydrogens is 180 g/mol. The number of carbonyl (C=O) groups excluding carboxylic acids is 1. The standard InChI is InChI=1S/C11H15O3/c12-9-8-2-6-1-7(3-8)5-11(9,4-6)10(13)14/h6-9,12H,1-5H2. The van der Waals surface area contributed by atoms with Gasteiger partial charge in [0.2, 0.25) is 0 Å². The molecule has 4 bridgehead atoms. The first-order valence-electron chi connectivity index (χ1n) is 5.51. The first kappa shape index (κ1) is 8.72. The average molecular weight is 195 g/mol. The molecule has 14 heavy (non-hydrogen) atoms. The second kappa shape index (κ2) is 2.51. The van der Waals surface area contributed by atoms with Crippen molar-refractivity contribution in [3.05, 3.63) is 0 Å². The molecule has 3 unspecified atom stereocenters. The van der Waals surface area contributed by atoms with Gasteiger partial charge in [0, 0.05) is 0 Å². The maximum atomic E-state index is 11.2. The number of rotatable bonds is 1. The molecule has 0 aromatic carbocycles. The third-order valence-electron chi connectivity index (χ3n) is 4.66. The minimum atomic E-state index is -1.01. The number of carbonyl (C=O) groups is 1. The summed E-state index contributed by atoms with van der Waals surface area (Å²) in [5, 5.41) is 21.2. The molecule has 0 spiro atoms. The molecule has 3 nitrogen and oxygen atoms in total. The summed E-state index contributed by atoms with van der Waals surface area (Å²) in [5.74, 6) is 0.297. The van der Waals surface area contributed by atoms with Gasteiger partial charge >= 0.3 is 5.97 Å². The number of aliphatic hydroxyl groups excluding tert-OH is 1. The normalized spacial score (nSPS) is 54.9. The van der Waals surface area contributed by atoms with E-state index in [1.807, 2.05) is 0 Å². The zero-order chi connectivity index (χ0) is 9.92. The van der Waals surface area contributed by atoms with Crippen molar-refractivity contribution < 1.29 is 15.0 Å². The van der Waals surface area contributed by atoms with Crippen LogP contribution in [0.3, 0.4) is 0 Å². The minimum absolute atomic E-state index is 0.235. The smallest absolute Gasteiger partial charge is 0.364 e. The van der Waals surface area contributed by atoms with Crippen molar-refractivity contribution in [1.29, 1.82) is 0 Å². The van der Waals surface area contributed by atoms with Gasteiger partial charge < -0.3 is 5.11 Å². The van der Waals surface area contributed by atoms with Crippen molar-refractivity contribution in [2.45, 2.75) is 38.2 Å². The lowest BCUT2D eigenvalue weighted by molar-refractivity contribution is -0.197. The monoisotopic (exact) mass is 195 g/mol. The van der Waals surface area contributed by atoms with Gasteiger partial charge in [-0.2, -0.15) is 0 Å². The Bertz CT molecular complexity index is 272. The highest BCUT2D eigenvalue weighted by Crippen LogP contribution is 2.60. The zero-order valence-corrected chi connectivity index (χ0v) is 8.11. The van der Waals surface area contributed by atoms with Crippen LogP contribution in [0.5, 0.6) is 0 Å². The topological polar surface area (TPSA) is 57.2 Å². The molecule has 1 N–H and O–H groups in total. The number of hydrogen-bond donors (Lipinski definition) is 1. The van der Waals surface area contributed by atoms with E-state index < -0.39 is 17.5 Å². The molecule has 0 amide bonds. The summed E-state index contributed by atoms with van der Waals surface area (Å²) in [5.41, 5.74) is -0.880. The SMILES string of the molecule is [O]C(=O)C12CC3CC(CC(C3)C1O)C2. The molecule has 4 aliphatic carbocycles. The molecule has 0 aliphatic heterocycles. The third-order valence-corrected chi connectivity index (χ3v) is 4.66. The van der Waals surface area contributed by atoms with E-state index in [1.165, 1.54) is 6.42 Å². The summed E-state index contributed by atoms with van der Waals surface area (Å²) in [6.07, 6.45) is 3.92. The highest BCUT2D eigenvalue weighted by molar-refractivity contribution is 5.76. The Morgan fingerprint density at radius 2 is 1.71 bits per heavy atom. The van der Waals surface area contributed by atoms with Crippen LogP contribution >= 0.6 is 0 Å². The van der Waals surface area contributed by atoms with Gasteiger partial charge in [-0.25, -0.2) is 9.90 Å². The maximum absolute atomic E-state index is 11.2. The third kappa shape index (κ3) is 0.888. The van der Waals surface area contributed by atoms with Gasteiger partial charge in [0.1, 0.15) is 0 Å². The van der Waals surface area contributed by atoms with Crippen LogP contribution in [0, 0.1) is 23.2 Å². The van der Waals surface area contributed by atoms with Crippen LogP contribution in [0.4, 0.5) is 0 Å². The molecule has 0 aromatic heterocycles. The van der Waals surface area contributed by atoms with Gasteiger partial charge in [0.05, 0.1) is 11.5 Å². The molecule has 4 aliphatic rings. The van der Waals surface area contributed by atoms with Crippen LogP contribution in [-0.2, 0) is 9.90 Å². The summed E-state index contributed by atoms with van der Waals surface area (Å²) >= 11 is 0. The summed E-state index contributed by atoms with van der Waals surface area (Å²) in [7, 11) is 0. The van der Waals surface area contributed by atoms with Crippen LogP contribution in [0.15, 0.2) is 0 Å². The van der Waals surface area contributed by atoms with Crippen LogP contribution in [-0.4, -0.2) is 17.2 Å². The first-order valence-corrected chi connectivity index (χ1v) is 5.51. The first-order chi connectivity index (χ1) is 6.62. The van der Waals surface area contributed by atoms with Crippen molar-refractivity contribution >= 4 is 5.97 Å². The van der Waals surface area contributed by atoms with E-state index in [0.29, 0.717) is 24.7 Å². The molecule has 0 heterocycles. The lowest BCUT2D eigenvalue weighted by Crippen LogP contribution is -2.59. The molecule has 4 fully saturated rings. The molecule has 4 rings (SSSR count). The van der Waals surface area contributed by atoms with Gasteiger partial charge in [-0.1, -0.05) is 0 Å². The summed E-state index contributed by atoms with van der Waals surface area (Å²) in [6, 6.07) is 0. The second-order valence-corrected chi connectivity index (χ2v) is 5.50. The largest absolute Gasteiger partial charge is 0.392 e. The predicted octanol–water partition coefficient (Wildman–Crippen LogP) is 1.13. The van der Waals surface area contributed by atoms with Crippen molar-refractivity contribution in [3.8, 4) is 0 Å². The Morgan fingerprint density at radius 3 is 2.21 bits per heavy atom. The van der Waals surface area contributed by atoms with E-state index >= 15 is 0 Å². The van der Waals surface area contributed by atoms with Gasteiger partial charge in [0.25, 0.3) is 0 Å². The van der Waals surface area contributed by atoms with E-state index in [9.17, 15) is 15.0 Å². The second-order valence-electron chi connectivity index (χ2n) is 5.50. The quantitative estimate of drug-likeness (QED) is 0.681. The van der Waals surface area contributed by atoms with Crippen LogP contribution in [0.2, 0.25) is 0 Å². The fourth-order valence-electron chi connectivity index (χ4n) is 4.30. The van der Waals surface area contributed by atoms with E-state index in [1.54, 1.807) is 0 Å². The van der Waals surface area contributed by atoms with Crippen LogP contribution < -0.4 is 0 Å². The molecule has 77 valence electrons. The Kier molecular flexibility index (Phi) is 1.56. The van der Waals surface area contributed by atoms with Crippen molar-refractivity contribution in [1.82, 2.24) is 0 Å². The van der Waals surface area contributed by atoms with E-state index in [-0.39, 0.29) is 5.92 Å². The van der Waals surface area contributed by atoms with Gasteiger partial charge in [-0.15, -0.1) is 0 Å². The Hall–Kier alpha value is -0.570. The van der Waals surface area contributed by atoms with Crippen molar-refractivity contribution in [3.63, 3.8) is 0 Å². The lowest BCUT2D eigenvalue weighted by Gasteiger charge is -2.56. The number of hydrogen-bond acceptors (Lipinski definition) is 2. The fourth-order valence-corrected chi connectivity index (χ4v) is 4.30. The Balaban J connectivity index is 2.01. The van der Waals surface area contributed by atoms with Gasteiger partial charge in [-0.05, 0) is 49.9 Å². The maximum Gasteiger partial charge on any atom is 0.364 e. The molecule has 0 saturated heterocycles. The summed E-state index contributed by atoms with van der Waals surface area (Å²) in [4.78, 5) is 11.2. The highest BCUT2D eigenvalue weighted by atomic mass is 16.4. The highest BCUT2D eigenvalue weighted by Gasteiger charge is 2.61. The van der Waals surface area contributed by atoms with E-state index in [0.717, 1.165) is 12.8 Å². The summed E-state index contributed by atoms with van der Waals surface area (Å²) < 4.78 is 0. The molecule has 3 heteroatoms. The molecule has 3 atom stereocenters. The van der Waals surface area contributed by atoms with E-state index in [2.05, 4.69) is 0 Å². The van der Waals surface area contributed by atoms with Crippen molar-refractivity contribution in [2.75, 3.05) is 0 Å². The molecular formula is C11H15O3. The van der Waals surface area contributed by atoms with Crippen molar-refractivity contribution in [2.24, 2.45) is 23.2 Å². The fraction of sp³-hybridized carbons (Fsp3) is 0.909. The predicted molar refractivity (Wildman–Crippen MR) is 47.7 cm³/mol. The van der Waals surface area contributed by atoms with Gasteiger partial charge in [-0.3, -0.25) is 0 Å². The minimum Gasteiger partial charge on any atom is -0.392 e. The summed E-state index contributed by atoms with van der Waals surface area (Å²) in [6.45, 7) is 0. The lowest BCUT2D eigenvalue weighted by atomic mass is 9.48. The average Bonchev–Trinajstić information content (AvgIpc) is 2.12. The van der Waals surface area contributed by atoms with Gasteiger partial charge in [0.15, 0.2) is 0 Å². The number of aliphatic hydroxyl groups is 1. The van der Waals surface area contributed by atoms with E-state index in [4.69, 9.17) is 0 Å². The Morgan fingerprint density at radius 1 is 1.14 bits per heavy atom. The Labute approximate surface area is 83.1 Å². The molecule has 1 radical (unpaired) electrons. The molecule has 0 aromatic rings. The zero-order valence-electron chi connectivity index (χ0n) is 8.11. The van der Waals surface area contributed by atoms with Crippen LogP contribution in [0.1, 0.15) is 32.1 Å². The molecule has 4 saturated carbocycles. The van der Waals surface area contributed by atoms with Crippen LogP contribution in [0.25, 0.3) is 0 Å².